The Kier molecular flexibility index (Phi) is 5.26. The fraction of sp³-hybridized carbons (Fsp3) is 0.400. The van der Waals surface area contributed by atoms with Crippen LogP contribution in [0.25, 0.3) is 42.2 Å². The zero-order chi connectivity index (χ0) is 26.5. The Labute approximate surface area is 225 Å². The normalized spacial score (nSPS) is 17.0. The van der Waals surface area contributed by atoms with Gasteiger partial charge in [0.05, 0.1) is 10.4 Å². The second-order valence-corrected chi connectivity index (χ2v) is 14.6. The lowest BCUT2D eigenvalue weighted by Gasteiger charge is -2.44. The molecule has 0 amide bonds. The van der Waals surface area contributed by atoms with E-state index in [1.807, 2.05) is 17.5 Å². The summed E-state index contributed by atoms with van der Waals surface area (Å²) in [4.78, 5) is 5.03. The lowest BCUT2D eigenvalue weighted by molar-refractivity contribution is 0.330. The number of hydrogen-bond acceptors (Lipinski definition) is 2. The average molecular weight is 506 g/mol. The lowest BCUT2D eigenvalue weighted by atomic mass is 9.60. The first-order chi connectivity index (χ1) is 17.3. The van der Waals surface area contributed by atoms with Crippen LogP contribution in [0.15, 0.2) is 48.7 Å². The van der Waals surface area contributed by atoms with E-state index in [-0.39, 0.29) is 16.2 Å². The smallest absolute Gasteiger partial charge is 0.0880 e. The molecule has 1 aliphatic carbocycles. The summed E-state index contributed by atoms with van der Waals surface area (Å²) in [6.45, 7) is 21.5. The van der Waals surface area contributed by atoms with Gasteiger partial charge in [0.15, 0.2) is 0 Å². The van der Waals surface area contributed by atoms with E-state index in [2.05, 4.69) is 105 Å². The lowest BCUT2D eigenvalue weighted by Crippen LogP contribution is -2.35. The van der Waals surface area contributed by atoms with Crippen LogP contribution in [0, 0.1) is 13.8 Å². The molecule has 6 rings (SSSR count). The van der Waals surface area contributed by atoms with Crippen LogP contribution in [0.5, 0.6) is 0 Å². The van der Waals surface area contributed by atoms with Gasteiger partial charge in [-0.3, -0.25) is 4.98 Å². The second kappa shape index (κ2) is 7.90. The van der Waals surface area contributed by atoms with Gasteiger partial charge in [0.2, 0.25) is 0 Å². The molecule has 0 saturated carbocycles. The Bertz CT molecular complexity index is 1720. The third-order valence-corrected chi connectivity index (χ3v) is 10.3. The SMILES string of the molecule is Cc1c2c(c(C)c3c1sc1c(-c4cc(C(C)(C)C)c5ccccc5c4)nccc13)C(C)(C)CCC2(C)C. The number of aryl methyl sites for hydroxylation is 2. The maximum absolute atomic E-state index is 5.03. The number of pyridine rings is 1. The van der Waals surface area contributed by atoms with E-state index in [0.29, 0.717) is 0 Å². The molecule has 0 atom stereocenters. The number of benzene rings is 3. The van der Waals surface area contributed by atoms with E-state index >= 15 is 0 Å². The Morgan fingerprint density at radius 3 is 2.11 bits per heavy atom. The summed E-state index contributed by atoms with van der Waals surface area (Å²) >= 11 is 1.95. The fourth-order valence-corrected chi connectivity index (χ4v) is 8.49. The van der Waals surface area contributed by atoms with Gasteiger partial charge in [-0.25, -0.2) is 0 Å². The van der Waals surface area contributed by atoms with E-state index in [1.165, 1.54) is 66.0 Å². The molecule has 0 spiro atoms. The van der Waals surface area contributed by atoms with E-state index in [1.54, 1.807) is 11.1 Å². The number of aromatic nitrogens is 1. The molecule has 2 heteroatoms. The Hall–Kier alpha value is -2.71. The monoisotopic (exact) mass is 505 g/mol. The Morgan fingerprint density at radius 2 is 1.43 bits per heavy atom. The van der Waals surface area contributed by atoms with E-state index in [4.69, 9.17) is 4.98 Å². The van der Waals surface area contributed by atoms with Crippen molar-refractivity contribution in [3.63, 3.8) is 0 Å². The van der Waals surface area contributed by atoms with Crippen LogP contribution < -0.4 is 0 Å². The third-order valence-electron chi connectivity index (χ3n) is 8.99. The minimum Gasteiger partial charge on any atom is -0.255 e. The maximum Gasteiger partial charge on any atom is 0.0880 e. The van der Waals surface area contributed by atoms with Crippen LogP contribution in [-0.2, 0) is 16.2 Å². The van der Waals surface area contributed by atoms with Crippen LogP contribution in [-0.4, -0.2) is 4.98 Å². The van der Waals surface area contributed by atoms with Crippen LogP contribution in [0.2, 0.25) is 0 Å². The number of nitrogens with zero attached hydrogens (tertiary/aromatic N) is 1. The standard InChI is InChI=1S/C35H39NS/c1-20-27-25-14-17-36-30(23-18-22-12-10-11-13-24(22)26(19-23)33(3,4)5)32(25)37-31(27)21(2)29-28(20)34(6,7)15-16-35(29,8)9/h10-14,17-19H,15-16H2,1-9H3. The van der Waals surface area contributed by atoms with Gasteiger partial charge in [0.25, 0.3) is 0 Å². The van der Waals surface area contributed by atoms with Crippen LogP contribution in [0.3, 0.4) is 0 Å². The molecule has 37 heavy (non-hydrogen) atoms. The van der Waals surface area contributed by atoms with Crippen molar-refractivity contribution in [1.29, 1.82) is 0 Å². The average Bonchev–Trinajstić information content (AvgIpc) is 3.23. The Morgan fingerprint density at radius 1 is 0.784 bits per heavy atom. The molecule has 2 heterocycles. The molecule has 5 aromatic rings. The van der Waals surface area contributed by atoms with Crippen molar-refractivity contribution in [2.24, 2.45) is 0 Å². The van der Waals surface area contributed by atoms with Crippen molar-refractivity contribution in [1.82, 2.24) is 4.98 Å². The van der Waals surface area contributed by atoms with Gasteiger partial charge in [-0.2, -0.15) is 0 Å². The van der Waals surface area contributed by atoms with Gasteiger partial charge >= 0.3 is 0 Å². The predicted molar refractivity (Wildman–Crippen MR) is 164 cm³/mol. The maximum atomic E-state index is 5.03. The van der Waals surface area contributed by atoms with Crippen molar-refractivity contribution in [2.75, 3.05) is 0 Å². The predicted octanol–water partition coefficient (Wildman–Crippen LogP) is 10.5. The third kappa shape index (κ3) is 3.59. The highest BCUT2D eigenvalue weighted by atomic mass is 32.1. The first-order valence-electron chi connectivity index (χ1n) is 13.7. The molecule has 0 unspecified atom stereocenters. The molecule has 0 fully saturated rings. The van der Waals surface area contributed by atoms with Gasteiger partial charge in [0, 0.05) is 27.2 Å². The van der Waals surface area contributed by atoms with Crippen LogP contribution in [0.1, 0.15) is 89.1 Å². The van der Waals surface area contributed by atoms with Crippen molar-refractivity contribution in [3.8, 4) is 11.3 Å². The first-order valence-corrected chi connectivity index (χ1v) is 14.5. The summed E-state index contributed by atoms with van der Waals surface area (Å²) in [5, 5.41) is 5.43. The summed E-state index contributed by atoms with van der Waals surface area (Å²) in [6, 6.07) is 15.8. The molecular formula is C35H39NS. The molecule has 190 valence electrons. The molecule has 0 radical (unpaired) electrons. The summed E-state index contributed by atoms with van der Waals surface area (Å²) in [7, 11) is 0. The van der Waals surface area contributed by atoms with E-state index in [9.17, 15) is 0 Å². The van der Waals surface area contributed by atoms with Gasteiger partial charge < -0.3 is 0 Å². The summed E-state index contributed by atoms with van der Waals surface area (Å²) < 4.78 is 2.76. The molecule has 2 aromatic heterocycles. The summed E-state index contributed by atoms with van der Waals surface area (Å²) in [5.74, 6) is 0. The molecule has 0 bridgehead atoms. The molecule has 0 saturated heterocycles. The minimum absolute atomic E-state index is 0.0487. The topological polar surface area (TPSA) is 12.9 Å². The zero-order valence-electron chi connectivity index (χ0n) is 23.9. The second-order valence-electron chi connectivity index (χ2n) is 13.6. The molecule has 0 N–H and O–H groups in total. The van der Waals surface area contributed by atoms with E-state index < -0.39 is 0 Å². The summed E-state index contributed by atoms with van der Waals surface area (Å²) in [5.41, 5.74) is 10.3. The number of rotatable bonds is 1. The van der Waals surface area contributed by atoms with Gasteiger partial charge in [0.1, 0.15) is 0 Å². The molecule has 0 aliphatic heterocycles. The fourth-order valence-electron chi connectivity index (χ4n) is 7.11. The van der Waals surface area contributed by atoms with Gasteiger partial charge in [-0.15, -0.1) is 11.3 Å². The van der Waals surface area contributed by atoms with Crippen molar-refractivity contribution < 1.29 is 0 Å². The summed E-state index contributed by atoms with van der Waals surface area (Å²) in [6.07, 6.45) is 4.50. The van der Waals surface area contributed by atoms with E-state index in [0.717, 1.165) is 5.69 Å². The quantitative estimate of drug-likeness (QED) is 0.221. The highest BCUT2D eigenvalue weighted by molar-refractivity contribution is 7.26. The highest BCUT2D eigenvalue weighted by Crippen LogP contribution is 2.53. The van der Waals surface area contributed by atoms with Crippen molar-refractivity contribution >= 4 is 42.3 Å². The molecule has 1 nitrogen and oxygen atoms in total. The highest BCUT2D eigenvalue weighted by Gasteiger charge is 2.40. The largest absolute Gasteiger partial charge is 0.255 e. The zero-order valence-corrected chi connectivity index (χ0v) is 24.7. The number of thiophene rings is 1. The van der Waals surface area contributed by atoms with Crippen LogP contribution in [0.4, 0.5) is 0 Å². The Balaban J connectivity index is 1.72. The number of fused-ring (bicyclic) bond motifs is 5. The minimum atomic E-state index is 0.0487. The first kappa shape index (κ1) is 24.6. The van der Waals surface area contributed by atoms with Gasteiger partial charge in [-0.1, -0.05) is 72.7 Å². The van der Waals surface area contributed by atoms with Gasteiger partial charge in [-0.05, 0) is 99.7 Å². The molecule has 3 aromatic carbocycles. The van der Waals surface area contributed by atoms with Crippen molar-refractivity contribution in [3.05, 3.63) is 76.5 Å². The molecular weight excluding hydrogens is 466 g/mol. The van der Waals surface area contributed by atoms with Crippen LogP contribution >= 0.6 is 11.3 Å². The van der Waals surface area contributed by atoms with Crippen molar-refractivity contribution in [2.45, 2.75) is 91.4 Å². The number of hydrogen-bond donors (Lipinski definition) is 0. The molecule has 1 aliphatic rings.